The fourth-order valence-electron chi connectivity index (χ4n) is 2.24. The van der Waals surface area contributed by atoms with Crippen molar-refractivity contribution in [3.05, 3.63) is 23.8 Å². The van der Waals surface area contributed by atoms with Crippen LogP contribution in [-0.2, 0) is 0 Å². The van der Waals surface area contributed by atoms with Crippen molar-refractivity contribution in [2.75, 3.05) is 20.8 Å². The third-order valence-corrected chi connectivity index (χ3v) is 3.61. The summed E-state index contributed by atoms with van der Waals surface area (Å²) in [5.41, 5.74) is 6.22. The molecule has 1 unspecified atom stereocenters. The molecule has 0 aliphatic heterocycles. The van der Waals surface area contributed by atoms with E-state index in [0.717, 1.165) is 19.3 Å². The van der Waals surface area contributed by atoms with E-state index in [1.165, 1.54) is 0 Å². The van der Waals surface area contributed by atoms with Gasteiger partial charge in [-0.05, 0) is 37.4 Å². The van der Waals surface area contributed by atoms with Gasteiger partial charge in [0.15, 0.2) is 5.78 Å². The average molecular weight is 279 g/mol. The summed E-state index contributed by atoms with van der Waals surface area (Å²) in [6, 6.07) is 5.28. The second-order valence-corrected chi connectivity index (χ2v) is 4.91. The molecule has 0 radical (unpaired) electrons. The number of nitrogens with two attached hydrogens (primary N) is 1. The van der Waals surface area contributed by atoms with E-state index >= 15 is 0 Å². The Kier molecular flexibility index (Phi) is 7.09. The van der Waals surface area contributed by atoms with Crippen LogP contribution >= 0.6 is 0 Å². The van der Waals surface area contributed by atoms with E-state index < -0.39 is 0 Å². The number of methoxy groups -OCH3 is 2. The molecule has 1 aromatic carbocycles. The van der Waals surface area contributed by atoms with Gasteiger partial charge in [0.2, 0.25) is 0 Å². The van der Waals surface area contributed by atoms with Crippen molar-refractivity contribution >= 4 is 5.78 Å². The molecule has 1 rings (SSSR count). The number of ketones is 1. The normalized spacial score (nSPS) is 12.0. The van der Waals surface area contributed by atoms with Gasteiger partial charge in [-0.2, -0.15) is 0 Å². The molecule has 112 valence electrons. The van der Waals surface area contributed by atoms with E-state index in [1.807, 2.05) is 0 Å². The van der Waals surface area contributed by atoms with Crippen molar-refractivity contribution < 1.29 is 14.3 Å². The first-order chi connectivity index (χ1) is 9.64. The van der Waals surface area contributed by atoms with Crippen LogP contribution in [0.1, 0.15) is 43.0 Å². The Morgan fingerprint density at radius 2 is 1.75 bits per heavy atom. The largest absolute Gasteiger partial charge is 0.497 e. The Bertz CT molecular complexity index is 409. The molecule has 1 aromatic rings. The summed E-state index contributed by atoms with van der Waals surface area (Å²) >= 11 is 0. The molecule has 1 atom stereocenters. The smallest absolute Gasteiger partial charge is 0.163 e. The minimum atomic E-state index is 0.123. The predicted octanol–water partition coefficient (Wildman–Crippen LogP) is 3.04. The van der Waals surface area contributed by atoms with Gasteiger partial charge < -0.3 is 15.2 Å². The first-order valence-corrected chi connectivity index (χ1v) is 7.10. The lowest BCUT2D eigenvalue weighted by Crippen LogP contribution is -2.10. The van der Waals surface area contributed by atoms with Gasteiger partial charge in [0, 0.05) is 18.1 Å². The number of carbonyl (C=O) groups excluding carboxylic acids is 1. The van der Waals surface area contributed by atoms with E-state index in [-0.39, 0.29) is 5.78 Å². The van der Waals surface area contributed by atoms with Crippen molar-refractivity contribution in [3.63, 3.8) is 0 Å². The summed E-state index contributed by atoms with van der Waals surface area (Å²) in [6.45, 7) is 2.82. The van der Waals surface area contributed by atoms with E-state index in [0.29, 0.717) is 35.9 Å². The molecule has 0 bridgehead atoms. The molecule has 4 heteroatoms. The second-order valence-electron chi connectivity index (χ2n) is 4.91. The molecule has 2 N–H and O–H groups in total. The quantitative estimate of drug-likeness (QED) is 0.706. The summed E-state index contributed by atoms with van der Waals surface area (Å²) < 4.78 is 10.4. The minimum absolute atomic E-state index is 0.123. The van der Waals surface area contributed by atoms with Crippen molar-refractivity contribution in [1.29, 1.82) is 0 Å². The highest BCUT2D eigenvalue weighted by Crippen LogP contribution is 2.24. The van der Waals surface area contributed by atoms with Crippen molar-refractivity contribution in [2.24, 2.45) is 11.7 Å². The number of Topliss-reactive ketones (excluding diaryl/α,β-unsaturated/α-hetero) is 1. The highest BCUT2D eigenvalue weighted by Gasteiger charge is 2.13. The molecular weight excluding hydrogens is 254 g/mol. The Hall–Kier alpha value is -1.55. The molecule has 0 fully saturated rings. The summed E-state index contributed by atoms with van der Waals surface area (Å²) in [6.07, 6.45) is 3.46. The van der Waals surface area contributed by atoms with Crippen LogP contribution in [-0.4, -0.2) is 26.5 Å². The van der Waals surface area contributed by atoms with Crippen LogP contribution in [0.5, 0.6) is 11.5 Å². The van der Waals surface area contributed by atoms with Gasteiger partial charge in [-0.3, -0.25) is 4.79 Å². The number of ether oxygens (including phenoxy) is 2. The molecule has 0 saturated heterocycles. The molecule has 0 amide bonds. The van der Waals surface area contributed by atoms with Crippen molar-refractivity contribution in [1.82, 2.24) is 0 Å². The molecule has 0 saturated carbocycles. The SMILES string of the molecule is CCC(CCN)CCC(=O)c1cc(OC)cc(OC)c1. The topological polar surface area (TPSA) is 61.6 Å². The van der Waals surface area contributed by atoms with Crippen LogP contribution in [0.2, 0.25) is 0 Å². The van der Waals surface area contributed by atoms with Crippen molar-refractivity contribution in [3.8, 4) is 11.5 Å². The fourth-order valence-corrected chi connectivity index (χ4v) is 2.24. The van der Waals surface area contributed by atoms with Gasteiger partial charge in [-0.25, -0.2) is 0 Å². The highest BCUT2D eigenvalue weighted by molar-refractivity contribution is 5.96. The summed E-state index contributed by atoms with van der Waals surface area (Å²) in [5.74, 6) is 1.93. The number of benzene rings is 1. The molecule has 20 heavy (non-hydrogen) atoms. The van der Waals surface area contributed by atoms with Gasteiger partial charge in [0.1, 0.15) is 11.5 Å². The van der Waals surface area contributed by atoms with Gasteiger partial charge in [0.05, 0.1) is 14.2 Å². The predicted molar refractivity (Wildman–Crippen MR) is 80.6 cm³/mol. The second kappa shape index (κ2) is 8.59. The molecule has 4 nitrogen and oxygen atoms in total. The molecular formula is C16H25NO3. The molecule has 0 heterocycles. The zero-order valence-electron chi connectivity index (χ0n) is 12.6. The van der Waals surface area contributed by atoms with Crippen LogP contribution < -0.4 is 15.2 Å². The van der Waals surface area contributed by atoms with Crippen LogP contribution in [0.25, 0.3) is 0 Å². The molecule has 0 spiro atoms. The lowest BCUT2D eigenvalue weighted by Gasteiger charge is -2.13. The van der Waals surface area contributed by atoms with Crippen LogP contribution in [0.4, 0.5) is 0 Å². The fraction of sp³-hybridized carbons (Fsp3) is 0.562. The van der Waals surface area contributed by atoms with E-state index in [1.54, 1.807) is 32.4 Å². The lowest BCUT2D eigenvalue weighted by molar-refractivity contribution is 0.0972. The van der Waals surface area contributed by atoms with E-state index in [2.05, 4.69) is 6.92 Å². The maximum atomic E-state index is 12.3. The first-order valence-electron chi connectivity index (χ1n) is 7.10. The average Bonchev–Trinajstić information content (AvgIpc) is 2.50. The first kappa shape index (κ1) is 16.5. The minimum Gasteiger partial charge on any atom is -0.497 e. The number of rotatable bonds is 9. The number of hydrogen-bond acceptors (Lipinski definition) is 4. The maximum absolute atomic E-state index is 12.3. The third kappa shape index (κ3) is 4.85. The Morgan fingerprint density at radius 1 is 1.15 bits per heavy atom. The monoisotopic (exact) mass is 279 g/mol. The Balaban J connectivity index is 2.71. The Labute approximate surface area is 121 Å². The van der Waals surface area contributed by atoms with Gasteiger partial charge in [-0.15, -0.1) is 0 Å². The summed E-state index contributed by atoms with van der Waals surface area (Å²) in [4.78, 5) is 12.3. The maximum Gasteiger partial charge on any atom is 0.163 e. The van der Waals surface area contributed by atoms with E-state index in [4.69, 9.17) is 15.2 Å². The highest BCUT2D eigenvalue weighted by atomic mass is 16.5. The lowest BCUT2D eigenvalue weighted by atomic mass is 9.94. The summed E-state index contributed by atoms with van der Waals surface area (Å²) in [7, 11) is 3.16. The molecule has 0 aliphatic rings. The summed E-state index contributed by atoms with van der Waals surface area (Å²) in [5, 5.41) is 0. The van der Waals surface area contributed by atoms with Gasteiger partial charge in [-0.1, -0.05) is 13.3 Å². The van der Waals surface area contributed by atoms with E-state index in [9.17, 15) is 4.79 Å². The van der Waals surface area contributed by atoms with Crippen LogP contribution in [0.3, 0.4) is 0 Å². The zero-order valence-corrected chi connectivity index (χ0v) is 12.6. The van der Waals surface area contributed by atoms with Gasteiger partial charge >= 0.3 is 0 Å². The van der Waals surface area contributed by atoms with Gasteiger partial charge in [0.25, 0.3) is 0 Å². The third-order valence-electron chi connectivity index (χ3n) is 3.61. The zero-order chi connectivity index (χ0) is 15.0. The van der Waals surface area contributed by atoms with Crippen LogP contribution in [0.15, 0.2) is 18.2 Å². The Morgan fingerprint density at radius 3 is 2.20 bits per heavy atom. The number of carbonyl (C=O) groups is 1. The standard InChI is InChI=1S/C16H25NO3/c1-4-12(7-8-17)5-6-16(18)13-9-14(19-2)11-15(10-13)20-3/h9-12H,4-8,17H2,1-3H3. The molecule has 0 aliphatic carbocycles. The van der Waals surface area contributed by atoms with Crippen molar-refractivity contribution in [2.45, 2.75) is 32.6 Å². The van der Waals surface area contributed by atoms with Crippen LogP contribution in [0, 0.1) is 5.92 Å². The molecule has 0 aromatic heterocycles. The number of hydrogen-bond donors (Lipinski definition) is 1.